The van der Waals surface area contributed by atoms with Gasteiger partial charge in [0.15, 0.2) is 9.84 Å². The molecule has 1 aliphatic rings. The van der Waals surface area contributed by atoms with Gasteiger partial charge in [0, 0.05) is 12.2 Å². The van der Waals surface area contributed by atoms with Crippen LogP contribution in [0.25, 0.3) is 0 Å². The van der Waals surface area contributed by atoms with Crippen LogP contribution in [0.4, 0.5) is 5.69 Å². The second-order valence-corrected chi connectivity index (χ2v) is 6.99. The van der Waals surface area contributed by atoms with E-state index in [0.29, 0.717) is 23.7 Å². The zero-order valence-electron chi connectivity index (χ0n) is 10.8. The van der Waals surface area contributed by atoms with Gasteiger partial charge in [0.2, 0.25) is 5.91 Å². The van der Waals surface area contributed by atoms with Crippen molar-refractivity contribution in [2.24, 2.45) is 5.92 Å². The molecule has 6 heteroatoms. The van der Waals surface area contributed by atoms with Crippen LogP contribution in [-0.4, -0.2) is 26.6 Å². The molecule has 1 amide bonds. The van der Waals surface area contributed by atoms with Crippen molar-refractivity contribution in [3.8, 4) is 0 Å². The quantitative estimate of drug-likeness (QED) is 0.784. The first kappa shape index (κ1) is 13.9. The van der Waals surface area contributed by atoms with Crippen LogP contribution >= 0.6 is 0 Å². The number of aryl methyl sites for hydroxylation is 1. The van der Waals surface area contributed by atoms with E-state index < -0.39 is 21.5 Å². The lowest BCUT2D eigenvalue weighted by atomic mass is 10.2. The van der Waals surface area contributed by atoms with E-state index in [-0.39, 0.29) is 4.90 Å². The topological polar surface area (TPSA) is 89.3 Å². The second kappa shape index (κ2) is 5.21. The standard InChI is InChI=1S/C13H18N2O3S/c1-9-2-5-11(14)6-12(9)19(17,18)8-13(16)15-7-10-3-4-10/h2,5-6,10H,3-4,7-8,14H2,1H3,(H,15,16). The van der Waals surface area contributed by atoms with Crippen molar-refractivity contribution in [2.75, 3.05) is 18.0 Å². The summed E-state index contributed by atoms with van der Waals surface area (Å²) in [6.45, 7) is 2.26. The van der Waals surface area contributed by atoms with E-state index in [0.717, 1.165) is 12.8 Å². The minimum Gasteiger partial charge on any atom is -0.399 e. The van der Waals surface area contributed by atoms with Crippen LogP contribution in [0.2, 0.25) is 0 Å². The molecule has 0 heterocycles. The number of sulfone groups is 1. The highest BCUT2D eigenvalue weighted by Gasteiger charge is 2.25. The number of hydrogen-bond acceptors (Lipinski definition) is 4. The van der Waals surface area contributed by atoms with E-state index in [1.54, 1.807) is 19.1 Å². The van der Waals surface area contributed by atoms with Crippen LogP contribution in [0, 0.1) is 12.8 Å². The molecule has 104 valence electrons. The zero-order valence-corrected chi connectivity index (χ0v) is 11.7. The lowest BCUT2D eigenvalue weighted by Gasteiger charge is -2.09. The largest absolute Gasteiger partial charge is 0.399 e. The number of nitrogens with two attached hydrogens (primary N) is 1. The third kappa shape index (κ3) is 3.70. The maximum Gasteiger partial charge on any atom is 0.235 e. The minimum atomic E-state index is -3.63. The van der Waals surface area contributed by atoms with Crippen molar-refractivity contribution in [1.29, 1.82) is 0 Å². The Bertz CT molecular complexity index is 592. The molecule has 1 aliphatic carbocycles. The van der Waals surface area contributed by atoms with Crippen LogP contribution in [-0.2, 0) is 14.6 Å². The van der Waals surface area contributed by atoms with Gasteiger partial charge in [-0.2, -0.15) is 0 Å². The fourth-order valence-corrected chi connectivity index (χ4v) is 3.31. The summed E-state index contributed by atoms with van der Waals surface area (Å²) in [6.07, 6.45) is 2.22. The SMILES string of the molecule is Cc1ccc(N)cc1S(=O)(=O)CC(=O)NCC1CC1. The number of rotatable bonds is 5. The summed E-state index contributed by atoms with van der Waals surface area (Å²) in [7, 11) is -3.63. The number of anilines is 1. The van der Waals surface area contributed by atoms with Gasteiger partial charge in [0.25, 0.3) is 0 Å². The van der Waals surface area contributed by atoms with Crippen molar-refractivity contribution >= 4 is 21.4 Å². The normalized spacial score (nSPS) is 15.2. The molecule has 0 spiro atoms. The maximum absolute atomic E-state index is 12.2. The Balaban J connectivity index is 2.08. The first-order valence-corrected chi connectivity index (χ1v) is 7.89. The highest BCUT2D eigenvalue weighted by atomic mass is 32.2. The summed E-state index contributed by atoms with van der Waals surface area (Å²) in [6, 6.07) is 4.69. The molecule has 3 N–H and O–H groups in total. The fraction of sp³-hybridized carbons (Fsp3) is 0.462. The first-order valence-electron chi connectivity index (χ1n) is 6.24. The van der Waals surface area contributed by atoms with Gasteiger partial charge in [-0.1, -0.05) is 6.07 Å². The van der Waals surface area contributed by atoms with Gasteiger partial charge in [-0.15, -0.1) is 0 Å². The smallest absolute Gasteiger partial charge is 0.235 e. The molecule has 0 bridgehead atoms. The maximum atomic E-state index is 12.2. The van der Waals surface area contributed by atoms with E-state index in [1.165, 1.54) is 6.07 Å². The summed E-state index contributed by atoms with van der Waals surface area (Å²) >= 11 is 0. The van der Waals surface area contributed by atoms with Gasteiger partial charge in [0.05, 0.1) is 4.90 Å². The second-order valence-electron chi connectivity index (χ2n) is 5.03. The molecule has 1 fully saturated rings. The highest BCUT2D eigenvalue weighted by molar-refractivity contribution is 7.92. The Hall–Kier alpha value is -1.56. The molecule has 1 saturated carbocycles. The summed E-state index contributed by atoms with van der Waals surface area (Å²) < 4.78 is 24.3. The number of hydrogen-bond donors (Lipinski definition) is 2. The summed E-state index contributed by atoms with van der Waals surface area (Å²) in [5, 5.41) is 2.66. The molecule has 19 heavy (non-hydrogen) atoms. The fourth-order valence-electron chi connectivity index (χ4n) is 1.83. The predicted molar refractivity (Wildman–Crippen MR) is 73.4 cm³/mol. The van der Waals surface area contributed by atoms with Gasteiger partial charge in [-0.05, 0) is 43.4 Å². The van der Waals surface area contributed by atoms with Gasteiger partial charge in [-0.25, -0.2) is 8.42 Å². The van der Waals surface area contributed by atoms with Crippen molar-refractivity contribution in [3.63, 3.8) is 0 Å². The van der Waals surface area contributed by atoms with Gasteiger partial charge < -0.3 is 11.1 Å². The van der Waals surface area contributed by atoms with E-state index >= 15 is 0 Å². The average Bonchev–Trinajstić information content (AvgIpc) is 3.13. The molecule has 0 aromatic heterocycles. The lowest BCUT2D eigenvalue weighted by Crippen LogP contribution is -2.32. The molecule has 0 unspecified atom stereocenters. The van der Waals surface area contributed by atoms with Crippen molar-refractivity contribution < 1.29 is 13.2 Å². The number of carbonyl (C=O) groups excluding carboxylic acids is 1. The Kier molecular flexibility index (Phi) is 3.80. The predicted octanol–water partition coefficient (Wildman–Crippen LogP) is 0.877. The van der Waals surface area contributed by atoms with E-state index in [2.05, 4.69) is 5.32 Å². The Morgan fingerprint density at radius 3 is 2.74 bits per heavy atom. The Labute approximate surface area is 113 Å². The number of nitrogens with one attached hydrogen (secondary N) is 1. The summed E-state index contributed by atoms with van der Waals surface area (Å²) in [5.74, 6) is -0.446. The molecule has 0 atom stereocenters. The minimum absolute atomic E-state index is 0.133. The van der Waals surface area contributed by atoms with Gasteiger partial charge >= 0.3 is 0 Å². The van der Waals surface area contributed by atoms with Crippen LogP contribution in [0.3, 0.4) is 0 Å². The van der Waals surface area contributed by atoms with E-state index in [1.807, 2.05) is 0 Å². The van der Waals surface area contributed by atoms with Crippen LogP contribution in [0.15, 0.2) is 23.1 Å². The average molecular weight is 282 g/mol. The first-order chi connectivity index (χ1) is 8.88. The summed E-state index contributed by atoms with van der Waals surface area (Å²) in [5.41, 5.74) is 6.58. The molecule has 5 nitrogen and oxygen atoms in total. The van der Waals surface area contributed by atoms with Crippen LogP contribution in [0.5, 0.6) is 0 Å². The third-order valence-corrected chi connectivity index (χ3v) is 4.91. The summed E-state index contributed by atoms with van der Waals surface area (Å²) in [4.78, 5) is 11.8. The van der Waals surface area contributed by atoms with E-state index in [9.17, 15) is 13.2 Å². The molecule has 0 saturated heterocycles. The molecular formula is C13H18N2O3S. The van der Waals surface area contributed by atoms with Crippen LogP contribution < -0.4 is 11.1 Å². The van der Waals surface area contributed by atoms with Crippen molar-refractivity contribution in [1.82, 2.24) is 5.32 Å². The lowest BCUT2D eigenvalue weighted by molar-refractivity contribution is -0.118. The number of amides is 1. The van der Waals surface area contributed by atoms with Crippen molar-refractivity contribution in [2.45, 2.75) is 24.7 Å². The molecule has 0 aliphatic heterocycles. The zero-order chi connectivity index (χ0) is 14.0. The number of benzene rings is 1. The van der Waals surface area contributed by atoms with E-state index in [4.69, 9.17) is 5.73 Å². The molecule has 1 aromatic carbocycles. The number of carbonyl (C=O) groups is 1. The third-order valence-electron chi connectivity index (χ3n) is 3.15. The number of nitrogen functional groups attached to an aromatic ring is 1. The molecule has 1 aromatic rings. The Morgan fingerprint density at radius 2 is 2.11 bits per heavy atom. The molecule has 2 rings (SSSR count). The molecule has 0 radical (unpaired) electrons. The van der Waals surface area contributed by atoms with Gasteiger partial charge in [-0.3, -0.25) is 4.79 Å². The van der Waals surface area contributed by atoms with Crippen molar-refractivity contribution in [3.05, 3.63) is 23.8 Å². The highest BCUT2D eigenvalue weighted by Crippen LogP contribution is 2.27. The molecular weight excluding hydrogens is 264 g/mol. The van der Waals surface area contributed by atoms with Gasteiger partial charge in [0.1, 0.15) is 5.75 Å². The monoisotopic (exact) mass is 282 g/mol. The Morgan fingerprint density at radius 1 is 1.42 bits per heavy atom. The van der Waals surface area contributed by atoms with Crippen LogP contribution in [0.1, 0.15) is 18.4 Å².